The molecule has 1 N–H and O–H groups in total. The average Bonchev–Trinajstić information content (AvgIpc) is 2.23. The molecule has 2 atom stereocenters. The van der Waals surface area contributed by atoms with Crippen molar-refractivity contribution in [3.8, 4) is 0 Å². The van der Waals surface area contributed by atoms with Gasteiger partial charge in [0.15, 0.2) is 0 Å². The van der Waals surface area contributed by atoms with E-state index in [4.69, 9.17) is 0 Å². The molecule has 12 heavy (non-hydrogen) atoms. The van der Waals surface area contributed by atoms with Crippen LogP contribution in [0.15, 0.2) is 0 Å². The van der Waals surface area contributed by atoms with Gasteiger partial charge in [-0.2, -0.15) is 4.31 Å². The van der Waals surface area contributed by atoms with Crippen LogP contribution in [0.2, 0.25) is 0 Å². The summed E-state index contributed by atoms with van der Waals surface area (Å²) in [5, 5.41) is 3.24. The zero-order valence-electron chi connectivity index (χ0n) is 7.16. The van der Waals surface area contributed by atoms with Crippen molar-refractivity contribution in [3.05, 3.63) is 0 Å². The minimum atomic E-state index is -2.97. The number of nitrogens with zero attached hydrogens (tertiary/aromatic N) is 1. The first-order chi connectivity index (χ1) is 5.59. The maximum atomic E-state index is 11.3. The van der Waals surface area contributed by atoms with Crippen molar-refractivity contribution in [2.75, 3.05) is 19.3 Å². The summed E-state index contributed by atoms with van der Waals surface area (Å²) in [5.74, 6) is 0. The summed E-state index contributed by atoms with van der Waals surface area (Å²) in [5.41, 5.74) is 0. The van der Waals surface area contributed by atoms with Crippen LogP contribution in [0.25, 0.3) is 0 Å². The lowest BCUT2D eigenvalue weighted by molar-refractivity contribution is 0.265. The lowest BCUT2D eigenvalue weighted by Gasteiger charge is -2.32. The van der Waals surface area contributed by atoms with Gasteiger partial charge in [-0.15, -0.1) is 0 Å². The largest absolute Gasteiger partial charge is 0.314 e. The molecular weight excluding hydrogens is 176 g/mol. The Morgan fingerprint density at radius 2 is 1.75 bits per heavy atom. The SMILES string of the molecule is CS(=O)(=O)N1[C@@H]2CC[C@H]1CNC2. The molecule has 4 nitrogen and oxygen atoms in total. The molecule has 2 saturated heterocycles. The lowest BCUT2D eigenvalue weighted by atomic mass is 10.2. The number of sulfonamides is 1. The van der Waals surface area contributed by atoms with Crippen molar-refractivity contribution < 1.29 is 8.42 Å². The van der Waals surface area contributed by atoms with Crippen LogP contribution in [0.3, 0.4) is 0 Å². The quantitative estimate of drug-likeness (QED) is 0.599. The van der Waals surface area contributed by atoms with Gasteiger partial charge in [0.25, 0.3) is 0 Å². The summed E-state index contributed by atoms with van der Waals surface area (Å²) in [6.07, 6.45) is 3.35. The van der Waals surface area contributed by atoms with E-state index in [0.717, 1.165) is 25.9 Å². The minimum Gasteiger partial charge on any atom is -0.314 e. The predicted octanol–water partition coefficient (Wildman–Crippen LogP) is -0.618. The molecule has 0 spiro atoms. The second-order valence-electron chi connectivity index (χ2n) is 3.64. The fraction of sp³-hybridized carbons (Fsp3) is 1.00. The molecule has 0 aromatic rings. The van der Waals surface area contributed by atoms with Gasteiger partial charge in [-0.25, -0.2) is 8.42 Å². The Labute approximate surface area is 73.0 Å². The third-order valence-electron chi connectivity index (χ3n) is 2.70. The van der Waals surface area contributed by atoms with Gasteiger partial charge in [0.2, 0.25) is 10.0 Å². The molecule has 2 bridgehead atoms. The Bertz CT molecular complexity index is 259. The third kappa shape index (κ3) is 1.26. The van der Waals surface area contributed by atoms with E-state index in [2.05, 4.69) is 5.32 Å². The van der Waals surface area contributed by atoms with Gasteiger partial charge in [-0.05, 0) is 12.8 Å². The lowest BCUT2D eigenvalue weighted by Crippen LogP contribution is -2.53. The maximum absolute atomic E-state index is 11.3. The Kier molecular flexibility index (Phi) is 1.89. The van der Waals surface area contributed by atoms with Crippen LogP contribution >= 0.6 is 0 Å². The molecular formula is C7H14N2O2S. The Hall–Kier alpha value is -0.130. The zero-order valence-corrected chi connectivity index (χ0v) is 7.97. The van der Waals surface area contributed by atoms with E-state index < -0.39 is 10.0 Å². The van der Waals surface area contributed by atoms with Crippen molar-refractivity contribution in [1.29, 1.82) is 0 Å². The predicted molar refractivity (Wildman–Crippen MR) is 46.4 cm³/mol. The summed E-state index contributed by atoms with van der Waals surface area (Å²) in [6, 6.07) is 0.442. The van der Waals surface area contributed by atoms with E-state index in [-0.39, 0.29) is 12.1 Å². The van der Waals surface area contributed by atoms with Crippen molar-refractivity contribution in [3.63, 3.8) is 0 Å². The molecule has 2 aliphatic heterocycles. The molecule has 5 heteroatoms. The Morgan fingerprint density at radius 1 is 1.25 bits per heavy atom. The monoisotopic (exact) mass is 190 g/mol. The first kappa shape index (κ1) is 8.47. The van der Waals surface area contributed by atoms with Crippen molar-refractivity contribution >= 4 is 10.0 Å². The fourth-order valence-corrected chi connectivity index (χ4v) is 3.72. The van der Waals surface area contributed by atoms with Crippen LogP contribution in [0, 0.1) is 0 Å². The summed E-state index contributed by atoms with van der Waals surface area (Å²) < 4.78 is 24.4. The highest BCUT2D eigenvalue weighted by atomic mass is 32.2. The topological polar surface area (TPSA) is 49.4 Å². The molecule has 2 heterocycles. The summed E-state index contributed by atoms with van der Waals surface area (Å²) in [6.45, 7) is 1.65. The zero-order chi connectivity index (χ0) is 8.77. The van der Waals surface area contributed by atoms with E-state index in [1.807, 2.05) is 0 Å². The van der Waals surface area contributed by atoms with E-state index in [1.54, 1.807) is 4.31 Å². The highest BCUT2D eigenvalue weighted by Crippen LogP contribution is 2.28. The van der Waals surface area contributed by atoms with E-state index in [1.165, 1.54) is 6.26 Å². The second-order valence-corrected chi connectivity index (χ2v) is 5.52. The summed E-state index contributed by atoms with van der Waals surface area (Å²) in [4.78, 5) is 0. The molecule has 2 rings (SSSR count). The van der Waals surface area contributed by atoms with Gasteiger partial charge in [0.1, 0.15) is 0 Å². The Morgan fingerprint density at radius 3 is 2.08 bits per heavy atom. The Balaban J connectivity index is 2.27. The molecule has 70 valence electrons. The molecule has 0 aliphatic carbocycles. The van der Waals surface area contributed by atoms with Crippen LogP contribution in [-0.2, 0) is 10.0 Å². The van der Waals surface area contributed by atoms with E-state index in [0.29, 0.717) is 0 Å². The highest BCUT2D eigenvalue weighted by Gasteiger charge is 2.41. The maximum Gasteiger partial charge on any atom is 0.211 e. The van der Waals surface area contributed by atoms with Crippen molar-refractivity contribution in [1.82, 2.24) is 9.62 Å². The number of nitrogens with one attached hydrogen (secondary N) is 1. The van der Waals surface area contributed by atoms with E-state index in [9.17, 15) is 8.42 Å². The van der Waals surface area contributed by atoms with Gasteiger partial charge in [-0.3, -0.25) is 0 Å². The molecule has 0 unspecified atom stereocenters. The smallest absolute Gasteiger partial charge is 0.211 e. The summed E-state index contributed by atoms with van der Waals surface area (Å²) in [7, 11) is -2.97. The van der Waals surface area contributed by atoms with Gasteiger partial charge in [-0.1, -0.05) is 0 Å². The number of piperazine rings is 1. The van der Waals surface area contributed by atoms with Gasteiger partial charge >= 0.3 is 0 Å². The first-order valence-corrected chi connectivity index (χ1v) is 6.13. The second kappa shape index (κ2) is 2.68. The molecule has 0 saturated carbocycles. The standard InChI is InChI=1S/C7H14N2O2S/c1-12(10,11)9-6-2-3-7(9)5-8-4-6/h6-8H,2-5H2,1H3/t6-,7+. The third-order valence-corrected chi connectivity index (χ3v) is 4.06. The van der Waals surface area contributed by atoms with Crippen LogP contribution in [0.5, 0.6) is 0 Å². The normalized spacial score (nSPS) is 37.1. The highest BCUT2D eigenvalue weighted by molar-refractivity contribution is 7.88. The number of rotatable bonds is 1. The van der Waals surface area contributed by atoms with Crippen LogP contribution in [-0.4, -0.2) is 44.2 Å². The average molecular weight is 190 g/mol. The van der Waals surface area contributed by atoms with E-state index >= 15 is 0 Å². The number of hydrogen-bond acceptors (Lipinski definition) is 3. The van der Waals surface area contributed by atoms with Crippen LogP contribution in [0.1, 0.15) is 12.8 Å². The molecule has 0 amide bonds. The molecule has 0 radical (unpaired) electrons. The van der Waals surface area contributed by atoms with Crippen LogP contribution in [0.4, 0.5) is 0 Å². The molecule has 0 aromatic heterocycles. The van der Waals surface area contributed by atoms with Gasteiger partial charge in [0, 0.05) is 25.2 Å². The van der Waals surface area contributed by atoms with Gasteiger partial charge < -0.3 is 5.32 Å². The van der Waals surface area contributed by atoms with Crippen molar-refractivity contribution in [2.24, 2.45) is 0 Å². The summed E-state index contributed by atoms with van der Waals surface area (Å²) >= 11 is 0. The molecule has 2 fully saturated rings. The first-order valence-electron chi connectivity index (χ1n) is 4.28. The minimum absolute atomic E-state index is 0.221. The molecule has 0 aromatic carbocycles. The number of hydrogen-bond donors (Lipinski definition) is 1. The van der Waals surface area contributed by atoms with Crippen molar-refractivity contribution in [2.45, 2.75) is 24.9 Å². The number of fused-ring (bicyclic) bond motifs is 2. The van der Waals surface area contributed by atoms with Gasteiger partial charge in [0.05, 0.1) is 6.26 Å². The van der Waals surface area contributed by atoms with Crippen LogP contribution < -0.4 is 5.32 Å². The fourth-order valence-electron chi connectivity index (χ4n) is 2.28. The molecule has 2 aliphatic rings.